The van der Waals surface area contributed by atoms with Gasteiger partial charge in [0.05, 0.1) is 5.39 Å². The van der Waals surface area contributed by atoms with Gasteiger partial charge in [-0.25, -0.2) is 4.79 Å². The number of carboxylic acids is 1. The Morgan fingerprint density at radius 3 is 2.65 bits per heavy atom. The van der Waals surface area contributed by atoms with Gasteiger partial charge < -0.3 is 9.67 Å². The number of pyridine rings is 1. The summed E-state index contributed by atoms with van der Waals surface area (Å²) >= 11 is 1.18. The number of aryl methyl sites for hydroxylation is 1. The highest BCUT2D eigenvalue weighted by atomic mass is 32.1. The van der Waals surface area contributed by atoms with Crippen molar-refractivity contribution in [2.75, 3.05) is 0 Å². The van der Waals surface area contributed by atoms with Crippen molar-refractivity contribution in [3.8, 4) is 0 Å². The summed E-state index contributed by atoms with van der Waals surface area (Å²) in [6.07, 6.45) is 5.66. The Balaban J connectivity index is 2.17. The number of aromatic nitrogens is 1. The minimum Gasteiger partial charge on any atom is -0.477 e. The predicted octanol–water partition coefficient (Wildman–Crippen LogP) is 3.57. The molecule has 1 aliphatic carbocycles. The summed E-state index contributed by atoms with van der Waals surface area (Å²) < 4.78 is 2.65. The van der Waals surface area contributed by atoms with Crippen LogP contribution in [0.2, 0.25) is 0 Å². The van der Waals surface area contributed by atoms with E-state index in [2.05, 4.69) is 0 Å². The van der Waals surface area contributed by atoms with Crippen LogP contribution in [-0.4, -0.2) is 15.6 Å². The van der Waals surface area contributed by atoms with Crippen molar-refractivity contribution in [1.29, 1.82) is 0 Å². The number of carboxylic acid groups (broad SMARTS) is 1. The summed E-state index contributed by atoms with van der Waals surface area (Å²) in [6.45, 7) is 1.94. The minimum absolute atomic E-state index is 0.0318. The highest BCUT2D eigenvalue weighted by molar-refractivity contribution is 7.20. The first-order chi connectivity index (χ1) is 9.58. The molecule has 4 nitrogen and oxygen atoms in total. The van der Waals surface area contributed by atoms with Crippen LogP contribution >= 0.6 is 11.3 Å². The van der Waals surface area contributed by atoms with Crippen LogP contribution in [-0.2, 0) is 0 Å². The van der Waals surface area contributed by atoms with Gasteiger partial charge in [0, 0.05) is 16.4 Å². The monoisotopic (exact) mass is 291 g/mol. The fourth-order valence-corrected chi connectivity index (χ4v) is 4.11. The van der Waals surface area contributed by atoms with Crippen LogP contribution < -0.4 is 5.56 Å². The Bertz CT molecular complexity index is 723. The van der Waals surface area contributed by atoms with Crippen molar-refractivity contribution in [2.45, 2.75) is 45.1 Å². The smallest absolute Gasteiger partial charge is 0.345 e. The van der Waals surface area contributed by atoms with Gasteiger partial charge in [-0.15, -0.1) is 11.3 Å². The summed E-state index contributed by atoms with van der Waals surface area (Å²) in [5.74, 6) is -0.965. The Morgan fingerprint density at radius 1 is 1.30 bits per heavy atom. The summed E-state index contributed by atoms with van der Waals surface area (Å²) in [4.78, 5) is 24.0. The first kappa shape index (κ1) is 13.4. The van der Waals surface area contributed by atoms with Gasteiger partial charge in [0.25, 0.3) is 5.56 Å². The summed E-state index contributed by atoms with van der Waals surface area (Å²) in [6, 6.07) is 3.74. The van der Waals surface area contributed by atoms with Gasteiger partial charge in [-0.2, -0.15) is 0 Å². The molecule has 5 heteroatoms. The zero-order valence-electron chi connectivity index (χ0n) is 11.4. The first-order valence-corrected chi connectivity index (χ1v) is 7.78. The highest BCUT2D eigenvalue weighted by Crippen LogP contribution is 2.30. The van der Waals surface area contributed by atoms with E-state index in [1.165, 1.54) is 36.7 Å². The Kier molecular flexibility index (Phi) is 3.38. The molecule has 0 unspecified atom stereocenters. The largest absolute Gasteiger partial charge is 0.477 e. The van der Waals surface area contributed by atoms with Crippen LogP contribution in [0.4, 0.5) is 0 Å². The number of fused-ring (bicyclic) bond motifs is 1. The third-order valence-electron chi connectivity index (χ3n) is 4.08. The van der Waals surface area contributed by atoms with E-state index < -0.39 is 5.97 Å². The fourth-order valence-electron chi connectivity index (χ4n) is 3.13. The molecule has 3 rings (SSSR count). The molecular weight excluding hydrogens is 274 g/mol. The maximum absolute atomic E-state index is 12.7. The van der Waals surface area contributed by atoms with Gasteiger partial charge in [-0.1, -0.05) is 19.3 Å². The molecule has 2 aromatic heterocycles. The summed E-state index contributed by atoms with van der Waals surface area (Å²) in [5, 5.41) is 9.61. The molecule has 1 saturated carbocycles. The lowest BCUT2D eigenvalue weighted by atomic mass is 9.95. The maximum Gasteiger partial charge on any atom is 0.345 e. The van der Waals surface area contributed by atoms with E-state index in [9.17, 15) is 9.59 Å². The number of nitrogens with zero attached hydrogens (tertiary/aromatic N) is 1. The van der Waals surface area contributed by atoms with Crippen molar-refractivity contribution in [3.63, 3.8) is 0 Å². The molecule has 0 bridgehead atoms. The minimum atomic E-state index is -0.965. The molecule has 106 valence electrons. The van der Waals surface area contributed by atoms with Crippen molar-refractivity contribution in [1.82, 2.24) is 4.57 Å². The number of hydrogen-bond acceptors (Lipinski definition) is 3. The zero-order chi connectivity index (χ0) is 14.3. The number of carbonyl (C=O) groups is 1. The van der Waals surface area contributed by atoms with Gasteiger partial charge in [0.2, 0.25) is 0 Å². The van der Waals surface area contributed by atoms with Crippen molar-refractivity contribution in [2.24, 2.45) is 0 Å². The normalized spacial score (nSPS) is 16.6. The van der Waals surface area contributed by atoms with Crippen LogP contribution in [0.15, 0.2) is 16.9 Å². The fraction of sp³-hybridized carbons (Fsp3) is 0.467. The highest BCUT2D eigenvalue weighted by Gasteiger charge is 2.20. The molecule has 0 aromatic carbocycles. The van der Waals surface area contributed by atoms with E-state index in [0.717, 1.165) is 23.2 Å². The molecular formula is C15H17NO3S. The lowest BCUT2D eigenvalue weighted by Crippen LogP contribution is -2.27. The first-order valence-electron chi connectivity index (χ1n) is 6.97. The number of hydrogen-bond donors (Lipinski definition) is 1. The van der Waals surface area contributed by atoms with Crippen LogP contribution in [0.1, 0.15) is 53.5 Å². The SMILES string of the molecule is Cc1cc2sc(C(=O)O)cc2c(=O)n1C1CCCCC1. The van der Waals surface area contributed by atoms with Gasteiger partial charge in [-0.05, 0) is 31.9 Å². The van der Waals surface area contributed by atoms with Gasteiger partial charge >= 0.3 is 5.97 Å². The molecule has 2 aromatic rings. The van der Waals surface area contributed by atoms with Gasteiger partial charge in [0.15, 0.2) is 0 Å². The number of rotatable bonds is 2. The number of thiophene rings is 1. The van der Waals surface area contributed by atoms with E-state index in [1.54, 1.807) is 0 Å². The maximum atomic E-state index is 12.7. The lowest BCUT2D eigenvalue weighted by molar-refractivity contribution is 0.0702. The molecule has 0 aliphatic heterocycles. The third-order valence-corrected chi connectivity index (χ3v) is 5.15. The van der Waals surface area contributed by atoms with E-state index in [-0.39, 0.29) is 16.5 Å². The average molecular weight is 291 g/mol. The Labute approximate surface area is 120 Å². The van der Waals surface area contributed by atoms with E-state index in [1.807, 2.05) is 17.6 Å². The molecule has 0 radical (unpaired) electrons. The molecule has 20 heavy (non-hydrogen) atoms. The Hall–Kier alpha value is -1.62. The summed E-state index contributed by atoms with van der Waals surface area (Å²) in [7, 11) is 0. The quantitative estimate of drug-likeness (QED) is 0.920. The van der Waals surface area contributed by atoms with E-state index in [4.69, 9.17) is 5.11 Å². The zero-order valence-corrected chi connectivity index (χ0v) is 12.2. The van der Waals surface area contributed by atoms with Gasteiger partial charge in [-0.3, -0.25) is 4.79 Å². The van der Waals surface area contributed by atoms with Crippen LogP contribution in [0.5, 0.6) is 0 Å². The van der Waals surface area contributed by atoms with E-state index >= 15 is 0 Å². The summed E-state index contributed by atoms with van der Waals surface area (Å²) in [5.41, 5.74) is 0.906. The number of aromatic carboxylic acids is 1. The van der Waals surface area contributed by atoms with Crippen LogP contribution in [0.3, 0.4) is 0 Å². The van der Waals surface area contributed by atoms with Crippen molar-refractivity contribution < 1.29 is 9.90 Å². The molecule has 0 spiro atoms. The standard InChI is InChI=1S/C15H17NO3S/c1-9-7-12-11(8-13(20-12)15(18)19)14(17)16(9)10-5-3-2-4-6-10/h7-8,10H,2-6H2,1H3,(H,18,19). The van der Waals surface area contributed by atoms with Crippen molar-refractivity contribution in [3.05, 3.63) is 33.1 Å². The van der Waals surface area contributed by atoms with E-state index in [0.29, 0.717) is 5.39 Å². The molecule has 2 heterocycles. The molecule has 0 saturated heterocycles. The lowest BCUT2D eigenvalue weighted by Gasteiger charge is -2.25. The predicted molar refractivity (Wildman–Crippen MR) is 79.9 cm³/mol. The second-order valence-electron chi connectivity index (χ2n) is 5.45. The average Bonchev–Trinajstić information content (AvgIpc) is 2.84. The molecule has 1 aliphatic rings. The Morgan fingerprint density at radius 2 is 2.00 bits per heavy atom. The van der Waals surface area contributed by atoms with Crippen LogP contribution in [0.25, 0.3) is 10.1 Å². The third kappa shape index (κ3) is 2.16. The molecule has 0 amide bonds. The molecule has 0 atom stereocenters. The molecule has 1 N–H and O–H groups in total. The second kappa shape index (κ2) is 5.05. The van der Waals surface area contributed by atoms with Gasteiger partial charge in [0.1, 0.15) is 4.88 Å². The second-order valence-corrected chi connectivity index (χ2v) is 6.53. The van der Waals surface area contributed by atoms with Crippen LogP contribution in [0, 0.1) is 6.92 Å². The van der Waals surface area contributed by atoms with Crippen molar-refractivity contribution >= 4 is 27.4 Å². The topological polar surface area (TPSA) is 59.3 Å². The molecule has 1 fully saturated rings.